The predicted molar refractivity (Wildman–Crippen MR) is 299 cm³/mol. The summed E-state index contributed by atoms with van der Waals surface area (Å²) >= 11 is 0. The van der Waals surface area contributed by atoms with Gasteiger partial charge >= 0.3 is 6.09 Å². The van der Waals surface area contributed by atoms with Crippen LogP contribution in [0.15, 0.2) is 84.2 Å². The predicted octanol–water partition coefficient (Wildman–Crippen LogP) is 3.18. The van der Waals surface area contributed by atoms with E-state index in [2.05, 4.69) is 48.5 Å². The molecule has 1 fully saturated rings. The van der Waals surface area contributed by atoms with E-state index in [4.69, 9.17) is 23.7 Å². The number of hydrogen-bond acceptors (Lipinski definition) is 16. The molecule has 9 amide bonds. The van der Waals surface area contributed by atoms with Gasteiger partial charge in [0.15, 0.2) is 17.3 Å². The number of ether oxygens (including phenoxy) is 5. The molecule has 436 valence electrons. The summed E-state index contributed by atoms with van der Waals surface area (Å²) < 4.78 is 30.7. The summed E-state index contributed by atoms with van der Waals surface area (Å²) in [6.45, 7) is 6.82. The Hall–Kier alpha value is -9.17. The molecule has 0 saturated carbocycles. The summed E-state index contributed by atoms with van der Waals surface area (Å²) in [4.78, 5) is 123. The second kappa shape index (κ2) is 29.9. The third kappa shape index (κ3) is 17.4. The van der Waals surface area contributed by atoms with Crippen LogP contribution < -0.4 is 41.4 Å². The van der Waals surface area contributed by atoms with Gasteiger partial charge < -0.3 is 69.6 Å². The molecule has 82 heavy (non-hydrogen) atoms. The fourth-order valence-corrected chi connectivity index (χ4v) is 8.72. The molecule has 26 nitrogen and oxygen atoms in total. The molecule has 0 radical (unpaired) electrons. The van der Waals surface area contributed by atoms with Crippen molar-refractivity contribution < 1.29 is 66.8 Å². The smallest absolute Gasteiger partial charge is 0.407 e. The Balaban J connectivity index is 0.703. The number of nitrogens with zero attached hydrogens (tertiary/aromatic N) is 6. The number of benzene rings is 2. The van der Waals surface area contributed by atoms with Crippen molar-refractivity contribution in [2.45, 2.75) is 51.0 Å². The number of imidazole rings is 1. The topological polar surface area (TPSA) is 314 Å². The van der Waals surface area contributed by atoms with Gasteiger partial charge in [0.05, 0.1) is 64.0 Å². The number of carbonyl (C=O) groups is 9. The van der Waals surface area contributed by atoms with Crippen LogP contribution in [-0.2, 0) is 52.3 Å². The van der Waals surface area contributed by atoms with E-state index in [1.165, 1.54) is 30.0 Å². The minimum absolute atomic E-state index is 0.00232. The van der Waals surface area contributed by atoms with Crippen molar-refractivity contribution in [3.63, 3.8) is 0 Å². The number of aliphatic imine (C=N–C) groups is 1. The maximum atomic E-state index is 13.3. The van der Waals surface area contributed by atoms with Gasteiger partial charge in [-0.25, -0.2) is 9.78 Å². The quantitative estimate of drug-likeness (QED) is 0.0240. The van der Waals surface area contributed by atoms with E-state index in [0.29, 0.717) is 72.9 Å². The number of rotatable bonds is 31. The van der Waals surface area contributed by atoms with Crippen molar-refractivity contribution in [1.29, 1.82) is 0 Å². The first kappa shape index (κ1) is 60.5. The highest BCUT2D eigenvalue weighted by Gasteiger charge is 2.34. The first-order valence-corrected chi connectivity index (χ1v) is 26.8. The number of aryl methyl sites for hydroxylation is 2. The molecule has 4 aromatic rings. The summed E-state index contributed by atoms with van der Waals surface area (Å²) in [6, 6.07) is 12.0. The average molecular weight is 1130 g/mol. The Labute approximate surface area is 473 Å². The molecule has 7 rings (SSSR count). The number of nitrogens with one attached hydrogen (secondary N) is 6. The van der Waals surface area contributed by atoms with Gasteiger partial charge in [-0.3, -0.25) is 48.2 Å². The lowest BCUT2D eigenvalue weighted by atomic mass is 10.1. The maximum absolute atomic E-state index is 13.3. The van der Waals surface area contributed by atoms with Crippen LogP contribution in [0.1, 0.15) is 76.4 Å². The molecule has 0 bridgehead atoms. The van der Waals surface area contributed by atoms with Crippen molar-refractivity contribution >= 4 is 76.8 Å². The van der Waals surface area contributed by atoms with Crippen molar-refractivity contribution in [2.24, 2.45) is 19.1 Å². The number of amides is 9. The molecule has 26 heteroatoms. The number of anilines is 2. The van der Waals surface area contributed by atoms with E-state index in [1.54, 1.807) is 72.2 Å². The molecular formula is C56H68N12O14. The lowest BCUT2D eigenvalue weighted by Gasteiger charge is -2.20. The van der Waals surface area contributed by atoms with Crippen molar-refractivity contribution in [3.05, 3.63) is 96.2 Å². The fraction of sp³-hybridized carbons (Fsp3) is 0.411. The first-order chi connectivity index (χ1) is 39.6. The van der Waals surface area contributed by atoms with E-state index in [-0.39, 0.29) is 132 Å². The van der Waals surface area contributed by atoms with Gasteiger partial charge in [-0.2, -0.15) is 0 Å². The number of carbonyl (C=O) groups excluding carboxylic acids is 9. The number of aromatic nitrogens is 3. The van der Waals surface area contributed by atoms with Crippen LogP contribution in [0.25, 0.3) is 11.1 Å². The molecule has 2 aromatic heterocycles. The number of alkyl carbamates (subject to hydrolysis) is 1. The van der Waals surface area contributed by atoms with Crippen molar-refractivity contribution in [3.8, 4) is 22.6 Å². The van der Waals surface area contributed by atoms with Gasteiger partial charge in [0.2, 0.25) is 23.5 Å². The summed E-state index contributed by atoms with van der Waals surface area (Å²) in [5.41, 5.74) is 4.34. The van der Waals surface area contributed by atoms with Crippen LogP contribution >= 0.6 is 0 Å². The molecule has 3 aliphatic heterocycles. The van der Waals surface area contributed by atoms with Gasteiger partial charge in [-0.1, -0.05) is 24.3 Å². The highest BCUT2D eigenvalue weighted by atomic mass is 16.5. The lowest BCUT2D eigenvalue weighted by Crippen LogP contribution is -2.35. The summed E-state index contributed by atoms with van der Waals surface area (Å²) in [5.74, 6) is -1.63. The summed E-state index contributed by atoms with van der Waals surface area (Å²) in [5, 5.41) is 16.4. The van der Waals surface area contributed by atoms with Crippen LogP contribution in [0.3, 0.4) is 0 Å². The molecule has 5 heterocycles. The van der Waals surface area contributed by atoms with E-state index < -0.39 is 23.8 Å². The second-order valence-corrected chi connectivity index (χ2v) is 19.2. The largest absolute Gasteiger partial charge is 0.493 e. The molecule has 0 aliphatic carbocycles. The Bertz CT molecular complexity index is 3060. The average Bonchev–Trinajstić information content (AvgIpc) is 4.06. The van der Waals surface area contributed by atoms with E-state index in [1.807, 2.05) is 6.20 Å². The van der Waals surface area contributed by atoms with Crippen molar-refractivity contribution in [2.75, 3.05) is 96.7 Å². The SMILES string of the molecule is C=C1C[C@H]2C=Nc3cc(OCCCC(=O)Nc4cn(C)c(C(=O)Nc5ccc(-c6cc(C(=O)NCCCOC(=O)NCCCNC(=O)CCOCCOCCNC(=O)CCN7C(=O)C=CC7=O)n(C)c6)cc5)n4)c(OC)cc3C(=O)N2C1. The number of methoxy groups -OCH3 is 1. The molecule has 6 N–H and O–H groups in total. The highest BCUT2D eigenvalue weighted by Crippen LogP contribution is 2.38. The minimum atomic E-state index is -0.618. The zero-order valence-electron chi connectivity index (χ0n) is 46.0. The Morgan fingerprint density at radius 3 is 2.17 bits per heavy atom. The van der Waals surface area contributed by atoms with Crippen LogP contribution in [-0.4, -0.2) is 176 Å². The van der Waals surface area contributed by atoms with Gasteiger partial charge in [-0.05, 0) is 55.5 Å². The zero-order chi connectivity index (χ0) is 58.5. The Kier molecular flexibility index (Phi) is 22.0. The molecule has 0 spiro atoms. The van der Waals surface area contributed by atoms with Crippen molar-refractivity contribution in [1.82, 2.24) is 45.2 Å². The van der Waals surface area contributed by atoms with Crippen LogP contribution in [0.4, 0.5) is 22.0 Å². The first-order valence-electron chi connectivity index (χ1n) is 26.8. The Morgan fingerprint density at radius 1 is 0.683 bits per heavy atom. The third-order valence-electron chi connectivity index (χ3n) is 13.0. The van der Waals surface area contributed by atoms with E-state index in [9.17, 15) is 43.2 Å². The van der Waals surface area contributed by atoms with E-state index in [0.717, 1.165) is 21.6 Å². The van der Waals surface area contributed by atoms with Gasteiger partial charge in [0, 0.05) is 121 Å². The molecule has 1 saturated heterocycles. The highest BCUT2D eigenvalue weighted by molar-refractivity contribution is 6.13. The number of hydrogen-bond donors (Lipinski definition) is 6. The second-order valence-electron chi connectivity index (χ2n) is 19.2. The fourth-order valence-electron chi connectivity index (χ4n) is 8.72. The van der Waals surface area contributed by atoms with Gasteiger partial charge in [0.25, 0.3) is 29.5 Å². The van der Waals surface area contributed by atoms with E-state index >= 15 is 0 Å². The zero-order valence-corrected chi connectivity index (χ0v) is 46.0. The van der Waals surface area contributed by atoms with Gasteiger partial charge in [0.1, 0.15) is 5.69 Å². The molecule has 3 aliphatic rings. The molecule has 1 atom stereocenters. The standard InChI is InChI=1S/C56H68N12O14/c1-36-28-40-32-61-42-31-45(44(78-4)30-41(42)55(76)68(40)33-36)81-22-5-8-49(71)63-46-35-66(3)52(64-46)54(75)62-39-11-9-37(10-12-39)38-29-43(65(2)34-38)53(74)59-19-7-23-82-56(77)60-18-6-17-57-48(70)16-24-79-26-27-80-25-20-58-47(69)15-21-67-50(72)13-14-51(67)73/h9-14,29-32,34-35,40H,1,5-8,15-28,33H2,2-4H3,(H,57,70)(H,58,69)(H,59,74)(H,60,77)(H,62,75)(H,63,71)/t40-/m0/s1. The minimum Gasteiger partial charge on any atom is -0.493 e. The molecular weight excluding hydrogens is 1060 g/mol. The number of imide groups is 1. The Morgan fingerprint density at radius 2 is 1.40 bits per heavy atom. The van der Waals surface area contributed by atoms with Crippen LogP contribution in [0, 0.1) is 0 Å². The normalized spacial score (nSPS) is 14.3. The van der Waals surface area contributed by atoms with Crippen LogP contribution in [0.5, 0.6) is 11.5 Å². The summed E-state index contributed by atoms with van der Waals surface area (Å²) in [6.07, 6.45) is 8.92. The lowest BCUT2D eigenvalue weighted by molar-refractivity contribution is -0.137. The van der Waals surface area contributed by atoms with Crippen LogP contribution in [0.2, 0.25) is 0 Å². The monoisotopic (exact) mass is 1130 g/mol. The number of fused-ring (bicyclic) bond motifs is 2. The summed E-state index contributed by atoms with van der Waals surface area (Å²) in [7, 11) is 4.88. The molecule has 2 aromatic carbocycles. The maximum Gasteiger partial charge on any atom is 0.407 e. The van der Waals surface area contributed by atoms with Gasteiger partial charge in [-0.15, -0.1) is 0 Å². The third-order valence-corrected chi connectivity index (χ3v) is 13.0. The molecule has 0 unspecified atom stereocenters.